The molecule has 0 spiro atoms. The topological polar surface area (TPSA) is 70.5 Å². The maximum absolute atomic E-state index is 12.4. The van der Waals surface area contributed by atoms with E-state index in [-0.39, 0.29) is 11.5 Å². The van der Waals surface area contributed by atoms with Crippen molar-refractivity contribution in [3.63, 3.8) is 0 Å². The minimum atomic E-state index is -0.976. The number of aromatic nitrogens is 1. The third kappa shape index (κ3) is 2.83. The lowest BCUT2D eigenvalue weighted by Crippen LogP contribution is -2.38. The molecule has 1 amide bonds. The summed E-state index contributed by atoms with van der Waals surface area (Å²) in [4.78, 5) is 29.7. The van der Waals surface area contributed by atoms with Gasteiger partial charge in [0.25, 0.3) is 0 Å². The fourth-order valence-electron chi connectivity index (χ4n) is 2.73. The number of fused-ring (bicyclic) bond motifs is 1. The second-order valence-corrected chi connectivity index (χ2v) is 5.32. The van der Waals surface area contributed by atoms with Gasteiger partial charge < -0.3 is 10.0 Å². The van der Waals surface area contributed by atoms with E-state index in [1.807, 2.05) is 30.3 Å². The maximum Gasteiger partial charge on any atom is 0.336 e. The van der Waals surface area contributed by atoms with E-state index in [1.165, 1.54) is 12.3 Å². The van der Waals surface area contributed by atoms with E-state index in [0.29, 0.717) is 31.5 Å². The number of hydrogen-bond donors (Lipinski definition) is 1. The lowest BCUT2D eigenvalue weighted by Gasteiger charge is -2.29. The summed E-state index contributed by atoms with van der Waals surface area (Å²) in [5.41, 5.74) is 2.64. The highest BCUT2D eigenvalue weighted by atomic mass is 16.4. The number of rotatable bonds is 3. The molecule has 5 nitrogen and oxygen atoms in total. The Hall–Kier alpha value is -2.69. The summed E-state index contributed by atoms with van der Waals surface area (Å²) in [5, 5.41) is 9.27. The van der Waals surface area contributed by atoms with E-state index in [9.17, 15) is 14.7 Å². The number of aromatic carboxylic acids is 1. The van der Waals surface area contributed by atoms with Gasteiger partial charge in [-0.3, -0.25) is 9.78 Å². The smallest absolute Gasteiger partial charge is 0.336 e. The van der Waals surface area contributed by atoms with Crippen molar-refractivity contribution < 1.29 is 14.7 Å². The van der Waals surface area contributed by atoms with Gasteiger partial charge in [-0.05, 0) is 11.6 Å². The molecule has 0 atom stereocenters. The number of nitrogens with zero attached hydrogens (tertiary/aromatic N) is 2. The summed E-state index contributed by atoms with van der Waals surface area (Å²) < 4.78 is 0. The fraction of sp³-hybridized carbons (Fsp3) is 0.235. The van der Waals surface area contributed by atoms with Crippen LogP contribution in [-0.4, -0.2) is 33.4 Å². The van der Waals surface area contributed by atoms with E-state index >= 15 is 0 Å². The molecule has 0 radical (unpaired) electrons. The summed E-state index contributed by atoms with van der Waals surface area (Å²) in [7, 11) is 0. The number of carboxylic acid groups (broad SMARTS) is 1. The number of benzene rings is 1. The van der Waals surface area contributed by atoms with Crippen LogP contribution in [-0.2, 0) is 24.2 Å². The molecule has 112 valence electrons. The second kappa shape index (κ2) is 5.97. The zero-order chi connectivity index (χ0) is 15.5. The zero-order valence-corrected chi connectivity index (χ0v) is 12.0. The van der Waals surface area contributed by atoms with Gasteiger partial charge in [0.05, 0.1) is 12.0 Å². The largest absolute Gasteiger partial charge is 0.478 e. The highest BCUT2D eigenvalue weighted by molar-refractivity contribution is 5.90. The average molecular weight is 296 g/mol. The van der Waals surface area contributed by atoms with Crippen LogP contribution >= 0.6 is 0 Å². The molecule has 0 fully saturated rings. The first-order chi connectivity index (χ1) is 10.6. The van der Waals surface area contributed by atoms with Gasteiger partial charge in [-0.1, -0.05) is 30.3 Å². The van der Waals surface area contributed by atoms with Crippen molar-refractivity contribution in [1.82, 2.24) is 9.88 Å². The first-order valence-corrected chi connectivity index (χ1v) is 7.17. The van der Waals surface area contributed by atoms with Crippen LogP contribution in [0.2, 0.25) is 0 Å². The number of carbonyl (C=O) groups is 2. The highest BCUT2D eigenvalue weighted by Crippen LogP contribution is 2.21. The number of carboxylic acids is 1. The van der Waals surface area contributed by atoms with Crippen molar-refractivity contribution >= 4 is 11.9 Å². The third-order valence-electron chi connectivity index (χ3n) is 3.89. The normalized spacial score (nSPS) is 13.5. The van der Waals surface area contributed by atoms with Crippen molar-refractivity contribution in [1.29, 1.82) is 0 Å². The molecule has 5 heteroatoms. The van der Waals surface area contributed by atoms with Crippen LogP contribution in [0.1, 0.15) is 27.2 Å². The molecule has 1 aromatic carbocycles. The molecule has 1 aliphatic rings. The van der Waals surface area contributed by atoms with Crippen LogP contribution in [0.5, 0.6) is 0 Å². The lowest BCUT2D eigenvalue weighted by molar-refractivity contribution is -0.131. The summed E-state index contributed by atoms with van der Waals surface area (Å²) in [5.74, 6) is -0.965. The first-order valence-electron chi connectivity index (χ1n) is 7.17. The van der Waals surface area contributed by atoms with E-state index in [0.717, 1.165) is 11.3 Å². The predicted octanol–water partition coefficient (Wildman–Crippen LogP) is 1.91. The number of carbonyl (C=O) groups excluding carboxylic acids is 1. The summed E-state index contributed by atoms with van der Waals surface area (Å²) in [6.45, 7) is 0.894. The van der Waals surface area contributed by atoms with Gasteiger partial charge in [-0.15, -0.1) is 0 Å². The van der Waals surface area contributed by atoms with Crippen LogP contribution in [0.4, 0.5) is 0 Å². The van der Waals surface area contributed by atoms with E-state index in [1.54, 1.807) is 4.90 Å². The Labute approximate surface area is 128 Å². The van der Waals surface area contributed by atoms with Gasteiger partial charge in [0.2, 0.25) is 5.91 Å². The molecule has 22 heavy (non-hydrogen) atoms. The summed E-state index contributed by atoms with van der Waals surface area (Å²) in [6.07, 6.45) is 2.44. The average Bonchev–Trinajstić information content (AvgIpc) is 2.54. The SMILES string of the molecule is O=C(O)c1ccnc2c1CN(C(=O)Cc1ccccc1)CC2. The molecule has 0 unspecified atom stereocenters. The Bertz CT molecular complexity index is 713. The Morgan fingerprint density at radius 2 is 1.95 bits per heavy atom. The van der Waals surface area contributed by atoms with Crippen LogP contribution in [0, 0.1) is 0 Å². The Morgan fingerprint density at radius 3 is 2.68 bits per heavy atom. The molecule has 1 aromatic heterocycles. The van der Waals surface area contributed by atoms with Crippen molar-refractivity contribution in [2.45, 2.75) is 19.4 Å². The van der Waals surface area contributed by atoms with Gasteiger partial charge in [0.15, 0.2) is 0 Å². The molecule has 1 aliphatic heterocycles. The minimum Gasteiger partial charge on any atom is -0.478 e. The van der Waals surface area contributed by atoms with Crippen LogP contribution < -0.4 is 0 Å². The maximum atomic E-state index is 12.4. The summed E-state index contributed by atoms with van der Waals surface area (Å²) in [6, 6.07) is 11.0. The number of amides is 1. The highest BCUT2D eigenvalue weighted by Gasteiger charge is 2.25. The van der Waals surface area contributed by atoms with Crippen molar-refractivity contribution in [2.24, 2.45) is 0 Å². The number of pyridine rings is 1. The fourth-order valence-corrected chi connectivity index (χ4v) is 2.73. The molecule has 3 rings (SSSR count). The molecule has 0 saturated carbocycles. The van der Waals surface area contributed by atoms with Crippen molar-refractivity contribution in [3.8, 4) is 0 Å². The Kier molecular flexibility index (Phi) is 3.87. The Morgan fingerprint density at radius 1 is 1.18 bits per heavy atom. The van der Waals surface area contributed by atoms with E-state index < -0.39 is 5.97 Å². The monoisotopic (exact) mass is 296 g/mol. The zero-order valence-electron chi connectivity index (χ0n) is 12.0. The molecule has 2 heterocycles. The molecule has 0 aliphatic carbocycles. The first kappa shape index (κ1) is 14.3. The van der Waals surface area contributed by atoms with Gasteiger partial charge in [-0.25, -0.2) is 4.79 Å². The summed E-state index contributed by atoms with van der Waals surface area (Å²) >= 11 is 0. The Balaban J connectivity index is 1.79. The van der Waals surface area contributed by atoms with Gasteiger partial charge in [-0.2, -0.15) is 0 Å². The van der Waals surface area contributed by atoms with Crippen LogP contribution in [0.25, 0.3) is 0 Å². The van der Waals surface area contributed by atoms with E-state index in [2.05, 4.69) is 4.98 Å². The lowest BCUT2D eigenvalue weighted by atomic mass is 9.99. The standard InChI is InChI=1S/C17H16N2O3/c20-16(10-12-4-2-1-3-5-12)19-9-7-15-14(11-19)13(17(21)22)6-8-18-15/h1-6,8H,7,9-11H2,(H,21,22). The quantitative estimate of drug-likeness (QED) is 0.939. The van der Waals surface area contributed by atoms with Crippen LogP contribution in [0.3, 0.4) is 0 Å². The predicted molar refractivity (Wildman–Crippen MR) is 80.5 cm³/mol. The molecule has 1 N–H and O–H groups in total. The molecule has 0 saturated heterocycles. The minimum absolute atomic E-state index is 0.0111. The van der Waals surface area contributed by atoms with Crippen molar-refractivity contribution in [3.05, 3.63) is 65.0 Å². The molecular formula is C17H16N2O3. The van der Waals surface area contributed by atoms with Crippen molar-refractivity contribution in [2.75, 3.05) is 6.54 Å². The molecule has 0 bridgehead atoms. The van der Waals surface area contributed by atoms with E-state index in [4.69, 9.17) is 0 Å². The molecular weight excluding hydrogens is 280 g/mol. The van der Waals surface area contributed by atoms with Crippen LogP contribution in [0.15, 0.2) is 42.6 Å². The van der Waals surface area contributed by atoms with Gasteiger partial charge in [0, 0.05) is 37.0 Å². The number of hydrogen-bond acceptors (Lipinski definition) is 3. The molecule has 2 aromatic rings. The van der Waals surface area contributed by atoms with Gasteiger partial charge >= 0.3 is 5.97 Å². The van der Waals surface area contributed by atoms with Gasteiger partial charge in [0.1, 0.15) is 0 Å². The third-order valence-corrected chi connectivity index (χ3v) is 3.89. The second-order valence-electron chi connectivity index (χ2n) is 5.32.